The van der Waals surface area contributed by atoms with Crippen LogP contribution in [0.25, 0.3) is 0 Å². The van der Waals surface area contributed by atoms with Crippen molar-refractivity contribution in [1.29, 1.82) is 0 Å². The molecule has 0 saturated carbocycles. The Kier molecular flexibility index (Phi) is 4.76. The third kappa shape index (κ3) is 3.67. The van der Waals surface area contributed by atoms with Crippen molar-refractivity contribution in [2.24, 2.45) is 11.7 Å². The van der Waals surface area contributed by atoms with Crippen molar-refractivity contribution >= 4 is 17.7 Å². The van der Waals surface area contributed by atoms with Crippen LogP contribution in [-0.4, -0.2) is 36.2 Å². The Balaban J connectivity index is 1.85. The second-order valence-electron chi connectivity index (χ2n) is 4.59. The topological polar surface area (TPSA) is 46.3 Å². The fraction of sp³-hybridized carbons (Fsp3) is 0.462. The molecule has 0 spiro atoms. The highest BCUT2D eigenvalue weighted by Gasteiger charge is 2.24. The van der Waals surface area contributed by atoms with Gasteiger partial charge in [0.2, 0.25) is 5.91 Å². The molecule has 1 aromatic carbocycles. The van der Waals surface area contributed by atoms with Gasteiger partial charge in [-0.2, -0.15) is 0 Å². The van der Waals surface area contributed by atoms with Gasteiger partial charge in [0.15, 0.2) is 11.6 Å². The van der Waals surface area contributed by atoms with E-state index in [0.29, 0.717) is 23.9 Å². The van der Waals surface area contributed by atoms with Crippen LogP contribution in [0.15, 0.2) is 23.1 Å². The minimum Gasteiger partial charge on any atom is -0.342 e. The van der Waals surface area contributed by atoms with Gasteiger partial charge in [-0.3, -0.25) is 4.79 Å². The lowest BCUT2D eigenvalue weighted by Crippen LogP contribution is -2.31. The second kappa shape index (κ2) is 6.34. The lowest BCUT2D eigenvalue weighted by Gasteiger charge is -2.15. The Hall–Kier alpha value is -1.14. The van der Waals surface area contributed by atoms with Gasteiger partial charge in [0.25, 0.3) is 0 Å². The van der Waals surface area contributed by atoms with Crippen LogP contribution in [0.4, 0.5) is 8.78 Å². The molecule has 1 aliphatic heterocycles. The van der Waals surface area contributed by atoms with Crippen molar-refractivity contribution in [2.45, 2.75) is 11.3 Å². The number of thioether (sulfide) groups is 1. The Morgan fingerprint density at radius 2 is 2.21 bits per heavy atom. The van der Waals surface area contributed by atoms with Gasteiger partial charge in [0, 0.05) is 18.0 Å². The molecule has 1 heterocycles. The van der Waals surface area contributed by atoms with E-state index >= 15 is 0 Å². The zero-order valence-electron chi connectivity index (χ0n) is 10.4. The fourth-order valence-corrected chi connectivity index (χ4v) is 2.88. The van der Waals surface area contributed by atoms with Gasteiger partial charge in [-0.05, 0) is 37.1 Å². The van der Waals surface area contributed by atoms with Crippen molar-refractivity contribution < 1.29 is 13.6 Å². The summed E-state index contributed by atoms with van der Waals surface area (Å²) in [6.45, 7) is 2.03. The minimum absolute atomic E-state index is 0.0192. The highest BCUT2D eigenvalue weighted by Crippen LogP contribution is 2.22. The van der Waals surface area contributed by atoms with E-state index < -0.39 is 11.6 Å². The van der Waals surface area contributed by atoms with Crippen molar-refractivity contribution in [3.05, 3.63) is 29.8 Å². The largest absolute Gasteiger partial charge is 0.342 e. The van der Waals surface area contributed by atoms with E-state index in [1.807, 2.05) is 0 Å². The summed E-state index contributed by atoms with van der Waals surface area (Å²) in [6.07, 6.45) is 0.943. The standard InChI is InChI=1S/C13H16F2N2OS/c14-11-2-1-10(5-12(11)15)19-8-13(18)17-4-3-9(6-16)7-17/h1-2,5,9H,3-4,6-8,16H2. The molecule has 0 aromatic heterocycles. The number of halogens is 2. The second-order valence-corrected chi connectivity index (χ2v) is 5.64. The van der Waals surface area contributed by atoms with Crippen LogP contribution >= 0.6 is 11.8 Å². The number of nitrogens with two attached hydrogens (primary N) is 1. The molecule has 3 nitrogen and oxygen atoms in total. The predicted octanol–water partition coefficient (Wildman–Crippen LogP) is 1.86. The van der Waals surface area contributed by atoms with E-state index in [1.165, 1.54) is 17.8 Å². The third-order valence-corrected chi connectivity index (χ3v) is 4.20. The first-order valence-electron chi connectivity index (χ1n) is 6.16. The first-order valence-corrected chi connectivity index (χ1v) is 7.14. The van der Waals surface area contributed by atoms with Crippen LogP contribution in [0.3, 0.4) is 0 Å². The average Bonchev–Trinajstić information content (AvgIpc) is 2.88. The normalized spacial score (nSPS) is 18.9. The zero-order chi connectivity index (χ0) is 13.8. The maximum Gasteiger partial charge on any atom is 0.232 e. The molecule has 6 heteroatoms. The molecule has 1 amide bonds. The molecule has 104 valence electrons. The van der Waals surface area contributed by atoms with Gasteiger partial charge < -0.3 is 10.6 Å². The van der Waals surface area contributed by atoms with Crippen molar-refractivity contribution in [3.8, 4) is 0 Å². The molecule has 1 saturated heterocycles. The molecule has 1 atom stereocenters. The first-order chi connectivity index (χ1) is 9.10. The first kappa shape index (κ1) is 14.3. The molecule has 1 unspecified atom stereocenters. The molecule has 19 heavy (non-hydrogen) atoms. The summed E-state index contributed by atoms with van der Waals surface area (Å²) in [7, 11) is 0. The number of amides is 1. The highest BCUT2D eigenvalue weighted by atomic mass is 32.2. The van der Waals surface area contributed by atoms with Crippen LogP contribution in [0.1, 0.15) is 6.42 Å². The summed E-state index contributed by atoms with van der Waals surface area (Å²) in [6, 6.07) is 3.66. The number of hydrogen-bond donors (Lipinski definition) is 1. The van der Waals surface area contributed by atoms with Crippen LogP contribution in [-0.2, 0) is 4.79 Å². The molecule has 0 aliphatic carbocycles. The number of rotatable bonds is 4. The van der Waals surface area contributed by atoms with E-state index in [-0.39, 0.29) is 11.7 Å². The fourth-order valence-electron chi connectivity index (χ4n) is 2.05. The maximum atomic E-state index is 13.0. The number of benzene rings is 1. The summed E-state index contributed by atoms with van der Waals surface area (Å²) in [5.41, 5.74) is 5.57. The smallest absolute Gasteiger partial charge is 0.232 e. The van der Waals surface area contributed by atoms with Crippen LogP contribution in [0.2, 0.25) is 0 Å². The molecule has 1 aromatic rings. The summed E-state index contributed by atoms with van der Waals surface area (Å²) >= 11 is 1.22. The molecule has 1 fully saturated rings. The molecule has 0 bridgehead atoms. The SMILES string of the molecule is NCC1CCN(C(=O)CSc2ccc(F)c(F)c2)C1. The Bertz CT molecular complexity index is 470. The number of carbonyl (C=O) groups is 1. The van der Waals surface area contributed by atoms with Crippen molar-refractivity contribution in [2.75, 3.05) is 25.4 Å². The van der Waals surface area contributed by atoms with E-state index in [4.69, 9.17) is 5.73 Å². The van der Waals surface area contributed by atoms with Crippen molar-refractivity contribution in [1.82, 2.24) is 4.90 Å². The van der Waals surface area contributed by atoms with Crippen molar-refractivity contribution in [3.63, 3.8) is 0 Å². The lowest BCUT2D eigenvalue weighted by atomic mass is 10.1. The summed E-state index contributed by atoms with van der Waals surface area (Å²) in [5, 5.41) is 0. The quantitative estimate of drug-likeness (QED) is 0.859. The molecule has 2 rings (SSSR count). The number of hydrogen-bond acceptors (Lipinski definition) is 3. The minimum atomic E-state index is -0.887. The third-order valence-electron chi connectivity index (χ3n) is 3.23. The number of carbonyl (C=O) groups excluding carboxylic acids is 1. The van der Waals surface area contributed by atoms with Gasteiger partial charge in [0.1, 0.15) is 0 Å². The van der Waals surface area contributed by atoms with Crippen LogP contribution in [0.5, 0.6) is 0 Å². The van der Waals surface area contributed by atoms with Crippen LogP contribution < -0.4 is 5.73 Å². The van der Waals surface area contributed by atoms with Gasteiger partial charge in [-0.25, -0.2) is 8.78 Å². The Morgan fingerprint density at radius 3 is 2.84 bits per heavy atom. The molecule has 1 aliphatic rings. The average molecular weight is 286 g/mol. The zero-order valence-corrected chi connectivity index (χ0v) is 11.3. The predicted molar refractivity (Wildman–Crippen MR) is 70.8 cm³/mol. The molecular weight excluding hydrogens is 270 g/mol. The van der Waals surface area contributed by atoms with E-state index in [2.05, 4.69) is 0 Å². The van der Waals surface area contributed by atoms with Gasteiger partial charge >= 0.3 is 0 Å². The lowest BCUT2D eigenvalue weighted by molar-refractivity contribution is -0.127. The monoisotopic (exact) mass is 286 g/mol. The Morgan fingerprint density at radius 1 is 1.42 bits per heavy atom. The molecule has 0 radical (unpaired) electrons. The van der Waals surface area contributed by atoms with Gasteiger partial charge in [0.05, 0.1) is 5.75 Å². The maximum absolute atomic E-state index is 13.0. The van der Waals surface area contributed by atoms with Crippen LogP contribution in [0, 0.1) is 17.6 Å². The number of nitrogens with zero attached hydrogens (tertiary/aromatic N) is 1. The highest BCUT2D eigenvalue weighted by molar-refractivity contribution is 8.00. The summed E-state index contributed by atoms with van der Waals surface area (Å²) < 4.78 is 25.8. The Labute approximate surface area is 115 Å². The molecule has 2 N–H and O–H groups in total. The number of likely N-dealkylation sites (tertiary alicyclic amines) is 1. The van der Waals surface area contributed by atoms with Gasteiger partial charge in [-0.1, -0.05) is 0 Å². The van der Waals surface area contributed by atoms with E-state index in [1.54, 1.807) is 4.90 Å². The van der Waals surface area contributed by atoms with Gasteiger partial charge in [-0.15, -0.1) is 11.8 Å². The molecular formula is C13H16F2N2OS. The summed E-state index contributed by atoms with van der Waals surface area (Å²) in [5.74, 6) is -1.12. The summed E-state index contributed by atoms with van der Waals surface area (Å²) in [4.78, 5) is 14.3. The van der Waals surface area contributed by atoms with E-state index in [0.717, 1.165) is 25.1 Å². The van der Waals surface area contributed by atoms with E-state index in [9.17, 15) is 13.6 Å².